The standard InChI is InChI=1S/C15H15N3O/c1-10(11-5-3-7-16-11)15-14(19-2)9-13(18-15)12-6-4-8-17-12/h3-9,16-17H,1-2H3. The molecule has 2 aromatic heterocycles. The summed E-state index contributed by atoms with van der Waals surface area (Å²) in [5.74, 6) is 0.789. The fourth-order valence-electron chi connectivity index (χ4n) is 2.14. The fourth-order valence-corrected chi connectivity index (χ4v) is 2.14. The first-order chi connectivity index (χ1) is 9.29. The van der Waals surface area contributed by atoms with Gasteiger partial charge in [-0.1, -0.05) is 0 Å². The lowest BCUT2D eigenvalue weighted by atomic mass is 10.1. The summed E-state index contributed by atoms with van der Waals surface area (Å²) < 4.78 is 5.43. The van der Waals surface area contributed by atoms with Crippen molar-refractivity contribution in [1.82, 2.24) is 9.97 Å². The Morgan fingerprint density at radius 3 is 2.58 bits per heavy atom. The second-order valence-corrected chi connectivity index (χ2v) is 4.35. The molecule has 96 valence electrons. The molecular formula is C15H15N3O. The van der Waals surface area contributed by atoms with Gasteiger partial charge in [0, 0.05) is 29.7 Å². The second-order valence-electron chi connectivity index (χ2n) is 4.35. The highest BCUT2D eigenvalue weighted by Crippen LogP contribution is 2.29. The molecule has 0 aliphatic carbocycles. The van der Waals surface area contributed by atoms with Crippen LogP contribution in [0, 0.1) is 0 Å². The molecule has 19 heavy (non-hydrogen) atoms. The van der Waals surface area contributed by atoms with Gasteiger partial charge in [-0.2, -0.15) is 0 Å². The predicted molar refractivity (Wildman–Crippen MR) is 75.8 cm³/mol. The van der Waals surface area contributed by atoms with Crippen LogP contribution >= 0.6 is 0 Å². The maximum absolute atomic E-state index is 5.43. The highest BCUT2D eigenvalue weighted by atomic mass is 16.5. The molecule has 0 spiro atoms. The average molecular weight is 253 g/mol. The van der Waals surface area contributed by atoms with Gasteiger partial charge in [-0.15, -0.1) is 0 Å². The van der Waals surface area contributed by atoms with E-state index in [4.69, 9.17) is 4.74 Å². The molecule has 1 aliphatic heterocycles. The molecule has 1 aliphatic rings. The van der Waals surface area contributed by atoms with Crippen molar-refractivity contribution in [3.05, 3.63) is 65.6 Å². The number of aliphatic imine (C=N–C) groups is 1. The third kappa shape index (κ3) is 2.01. The highest BCUT2D eigenvalue weighted by molar-refractivity contribution is 6.11. The lowest BCUT2D eigenvalue weighted by molar-refractivity contribution is 0.302. The number of ether oxygens (including phenoxy) is 1. The summed E-state index contributed by atoms with van der Waals surface area (Å²) in [7, 11) is 1.67. The molecule has 2 N–H and O–H groups in total. The van der Waals surface area contributed by atoms with E-state index in [1.807, 2.05) is 49.7 Å². The quantitative estimate of drug-likeness (QED) is 0.867. The van der Waals surface area contributed by atoms with Gasteiger partial charge in [0.05, 0.1) is 18.5 Å². The predicted octanol–water partition coefficient (Wildman–Crippen LogP) is 3.11. The van der Waals surface area contributed by atoms with Crippen molar-refractivity contribution in [2.24, 2.45) is 4.99 Å². The third-order valence-electron chi connectivity index (χ3n) is 3.18. The number of methoxy groups -OCH3 is 1. The van der Waals surface area contributed by atoms with Crippen molar-refractivity contribution in [2.45, 2.75) is 6.92 Å². The molecular weight excluding hydrogens is 238 g/mol. The van der Waals surface area contributed by atoms with Crippen LogP contribution in [0.2, 0.25) is 0 Å². The Labute approximate surface area is 111 Å². The molecule has 0 unspecified atom stereocenters. The van der Waals surface area contributed by atoms with E-state index >= 15 is 0 Å². The van der Waals surface area contributed by atoms with Crippen LogP contribution < -0.4 is 0 Å². The maximum atomic E-state index is 5.43. The minimum absolute atomic E-state index is 0.789. The molecule has 0 atom stereocenters. The molecule has 3 heterocycles. The van der Waals surface area contributed by atoms with Crippen LogP contribution in [0.4, 0.5) is 0 Å². The third-order valence-corrected chi connectivity index (χ3v) is 3.18. The van der Waals surface area contributed by atoms with Crippen molar-refractivity contribution in [3.8, 4) is 0 Å². The zero-order valence-electron chi connectivity index (χ0n) is 10.9. The van der Waals surface area contributed by atoms with Gasteiger partial charge in [-0.3, -0.25) is 0 Å². The van der Waals surface area contributed by atoms with Gasteiger partial charge in [0.25, 0.3) is 0 Å². The Bertz CT molecular complexity index is 658. The zero-order valence-corrected chi connectivity index (χ0v) is 10.9. The van der Waals surface area contributed by atoms with Gasteiger partial charge >= 0.3 is 0 Å². The van der Waals surface area contributed by atoms with Crippen molar-refractivity contribution in [1.29, 1.82) is 0 Å². The lowest BCUT2D eigenvalue weighted by Crippen LogP contribution is -1.93. The zero-order chi connectivity index (χ0) is 13.2. The van der Waals surface area contributed by atoms with Gasteiger partial charge < -0.3 is 14.7 Å². The Kier molecular flexibility index (Phi) is 2.83. The van der Waals surface area contributed by atoms with Crippen molar-refractivity contribution in [2.75, 3.05) is 7.11 Å². The van der Waals surface area contributed by atoms with E-state index in [-0.39, 0.29) is 0 Å². The van der Waals surface area contributed by atoms with E-state index in [0.717, 1.165) is 34.1 Å². The minimum atomic E-state index is 0.789. The van der Waals surface area contributed by atoms with Crippen LogP contribution in [-0.4, -0.2) is 22.8 Å². The molecule has 0 bridgehead atoms. The first-order valence-corrected chi connectivity index (χ1v) is 6.12. The maximum Gasteiger partial charge on any atom is 0.147 e. The summed E-state index contributed by atoms with van der Waals surface area (Å²) in [5, 5.41) is 0. The van der Waals surface area contributed by atoms with Crippen LogP contribution in [0.15, 0.2) is 59.2 Å². The van der Waals surface area contributed by atoms with Crippen LogP contribution in [0.3, 0.4) is 0 Å². The molecule has 2 aromatic rings. The van der Waals surface area contributed by atoms with E-state index in [2.05, 4.69) is 15.0 Å². The summed E-state index contributed by atoms with van der Waals surface area (Å²) in [6.07, 6.45) is 5.74. The molecule has 0 amide bonds. The smallest absolute Gasteiger partial charge is 0.147 e. The van der Waals surface area contributed by atoms with E-state index in [1.54, 1.807) is 7.11 Å². The van der Waals surface area contributed by atoms with Crippen LogP contribution in [0.5, 0.6) is 0 Å². The number of aromatic nitrogens is 2. The van der Waals surface area contributed by atoms with E-state index in [1.165, 1.54) is 0 Å². The first-order valence-electron chi connectivity index (χ1n) is 6.12. The molecule has 4 nitrogen and oxygen atoms in total. The van der Waals surface area contributed by atoms with Crippen LogP contribution in [0.25, 0.3) is 5.57 Å². The molecule has 0 fully saturated rings. The molecule has 0 saturated heterocycles. The average Bonchev–Trinajstić information content (AvgIpc) is 3.16. The monoisotopic (exact) mass is 253 g/mol. The van der Waals surface area contributed by atoms with Crippen molar-refractivity contribution < 1.29 is 4.74 Å². The molecule has 0 saturated carbocycles. The normalized spacial score (nSPS) is 17.2. The van der Waals surface area contributed by atoms with Gasteiger partial charge in [0.15, 0.2) is 0 Å². The van der Waals surface area contributed by atoms with Gasteiger partial charge in [0.2, 0.25) is 0 Å². The van der Waals surface area contributed by atoms with Crippen molar-refractivity contribution >= 4 is 11.3 Å². The second kappa shape index (κ2) is 4.65. The van der Waals surface area contributed by atoms with E-state index in [9.17, 15) is 0 Å². The van der Waals surface area contributed by atoms with Crippen LogP contribution in [-0.2, 0) is 4.74 Å². The summed E-state index contributed by atoms with van der Waals surface area (Å²) in [5.41, 5.74) is 4.87. The Balaban J connectivity index is 2.07. The lowest BCUT2D eigenvalue weighted by Gasteiger charge is -2.05. The van der Waals surface area contributed by atoms with E-state index in [0.29, 0.717) is 0 Å². The number of nitrogens with zero attached hydrogens (tertiary/aromatic N) is 1. The fraction of sp³-hybridized carbons (Fsp3) is 0.133. The number of aromatic amines is 2. The number of H-pyrrole nitrogens is 2. The minimum Gasteiger partial charge on any atom is -0.494 e. The summed E-state index contributed by atoms with van der Waals surface area (Å²) in [4.78, 5) is 11.0. The van der Waals surface area contributed by atoms with Gasteiger partial charge in [0.1, 0.15) is 11.5 Å². The van der Waals surface area contributed by atoms with Gasteiger partial charge in [-0.25, -0.2) is 4.99 Å². The summed E-state index contributed by atoms with van der Waals surface area (Å²) in [6, 6.07) is 7.95. The Morgan fingerprint density at radius 2 is 1.95 bits per heavy atom. The Hall–Kier alpha value is -2.49. The molecule has 3 rings (SSSR count). The number of nitrogens with one attached hydrogen (secondary N) is 2. The molecule has 0 aromatic carbocycles. The summed E-state index contributed by atoms with van der Waals surface area (Å²) in [6.45, 7) is 2.04. The first kappa shape index (κ1) is 11.6. The number of hydrogen-bond donors (Lipinski definition) is 2. The highest BCUT2D eigenvalue weighted by Gasteiger charge is 2.19. The van der Waals surface area contributed by atoms with Gasteiger partial charge in [-0.05, 0) is 31.2 Å². The number of rotatable bonds is 3. The summed E-state index contributed by atoms with van der Waals surface area (Å²) >= 11 is 0. The van der Waals surface area contributed by atoms with E-state index < -0.39 is 0 Å². The largest absolute Gasteiger partial charge is 0.494 e. The Morgan fingerprint density at radius 1 is 1.16 bits per heavy atom. The SMILES string of the molecule is COC1=CC(c2ccc[nH]2)=NC1=C(C)c1ccc[nH]1. The van der Waals surface area contributed by atoms with Crippen molar-refractivity contribution in [3.63, 3.8) is 0 Å². The number of hydrogen-bond acceptors (Lipinski definition) is 2. The number of allylic oxidation sites excluding steroid dienone is 2. The van der Waals surface area contributed by atoms with Crippen LogP contribution in [0.1, 0.15) is 18.3 Å². The molecule has 4 heteroatoms. The molecule has 0 radical (unpaired) electrons. The topological polar surface area (TPSA) is 53.2 Å².